The van der Waals surface area contributed by atoms with E-state index in [1.165, 1.54) is 17.6 Å². The fourth-order valence-electron chi connectivity index (χ4n) is 3.39. The fourth-order valence-corrected chi connectivity index (χ4v) is 5.50. The monoisotopic (exact) mass is 454 g/mol. The Morgan fingerprint density at radius 1 is 1.23 bits per heavy atom. The first-order chi connectivity index (χ1) is 15.0. The van der Waals surface area contributed by atoms with Gasteiger partial charge in [-0.15, -0.1) is 11.3 Å². The Labute approximate surface area is 185 Å². The molecule has 0 radical (unpaired) electrons. The number of hydrogen-bond acceptors (Lipinski definition) is 10. The van der Waals surface area contributed by atoms with Crippen molar-refractivity contribution in [2.24, 2.45) is 0 Å². The van der Waals surface area contributed by atoms with E-state index in [4.69, 9.17) is 8.83 Å². The van der Waals surface area contributed by atoms with Crippen molar-refractivity contribution in [1.29, 1.82) is 5.26 Å². The average molecular weight is 455 g/mol. The summed E-state index contributed by atoms with van der Waals surface area (Å²) >= 11 is 3.01. The second-order valence-electron chi connectivity index (χ2n) is 7.21. The molecule has 0 unspecified atom stereocenters. The van der Waals surface area contributed by atoms with Crippen molar-refractivity contribution in [3.8, 4) is 17.7 Å². The summed E-state index contributed by atoms with van der Waals surface area (Å²) < 4.78 is 12.2. The molecule has 0 aliphatic carbocycles. The van der Waals surface area contributed by atoms with E-state index in [1.807, 2.05) is 34.9 Å². The predicted molar refractivity (Wildman–Crippen MR) is 119 cm³/mol. The molecule has 1 aliphatic heterocycles. The molecule has 0 N–H and O–H groups in total. The zero-order valence-corrected chi connectivity index (χ0v) is 18.5. The van der Waals surface area contributed by atoms with E-state index < -0.39 is 0 Å². The number of aromatic nitrogens is 2. The minimum atomic E-state index is 0.00982. The van der Waals surface area contributed by atoms with Gasteiger partial charge in [-0.2, -0.15) is 10.2 Å². The lowest BCUT2D eigenvalue weighted by Crippen LogP contribution is -2.48. The zero-order chi connectivity index (χ0) is 21.5. The van der Waals surface area contributed by atoms with Crippen LogP contribution in [0.5, 0.6) is 0 Å². The molecule has 1 saturated heterocycles. The highest BCUT2D eigenvalue weighted by atomic mass is 32.1. The summed E-state index contributed by atoms with van der Waals surface area (Å²) in [4.78, 5) is 29.1. The molecule has 5 rings (SSSR count). The van der Waals surface area contributed by atoms with Gasteiger partial charge in [-0.3, -0.25) is 4.79 Å². The quantitative estimate of drug-likeness (QED) is 0.462. The third-order valence-corrected chi connectivity index (χ3v) is 7.29. The molecule has 158 valence electrons. The molecular formula is C20H18N6O3S2. The number of hydrogen-bond donors (Lipinski definition) is 0. The maximum atomic E-state index is 13.0. The molecule has 0 aromatic carbocycles. The number of oxazole rings is 1. The van der Waals surface area contributed by atoms with Gasteiger partial charge in [-0.05, 0) is 18.2 Å². The molecule has 1 amide bonds. The van der Waals surface area contributed by atoms with Crippen LogP contribution in [0.3, 0.4) is 0 Å². The van der Waals surface area contributed by atoms with Crippen LogP contribution in [0, 0.1) is 11.3 Å². The van der Waals surface area contributed by atoms with Crippen molar-refractivity contribution in [3.05, 3.63) is 35.0 Å². The summed E-state index contributed by atoms with van der Waals surface area (Å²) in [6.45, 7) is 2.16. The lowest BCUT2D eigenvalue weighted by molar-refractivity contribution is 0.0750. The van der Waals surface area contributed by atoms with Crippen LogP contribution in [0.2, 0.25) is 0 Å². The molecule has 31 heavy (non-hydrogen) atoms. The lowest BCUT2D eigenvalue weighted by Gasteiger charge is -2.34. The van der Waals surface area contributed by atoms with Crippen LogP contribution >= 0.6 is 22.7 Å². The number of fused-ring (bicyclic) bond motifs is 1. The standard InChI is InChI=1S/C20H18N6O3S2/c1-24(2)20-23-17-14(31-20)10-15(30-17)18(27)25-5-7-26(8-6-25)19-12(11-21)22-16(29-19)13-4-3-9-28-13/h3-4,9-10H,5-8H2,1-2H3. The van der Waals surface area contributed by atoms with E-state index in [2.05, 4.69) is 16.0 Å². The maximum Gasteiger partial charge on any atom is 0.266 e. The minimum absolute atomic E-state index is 0.00982. The van der Waals surface area contributed by atoms with Crippen molar-refractivity contribution in [3.63, 3.8) is 0 Å². The van der Waals surface area contributed by atoms with Crippen LogP contribution < -0.4 is 9.80 Å². The first-order valence-electron chi connectivity index (χ1n) is 9.60. The molecule has 4 aromatic heterocycles. The highest BCUT2D eigenvalue weighted by Crippen LogP contribution is 2.35. The molecule has 4 aromatic rings. The number of carbonyl (C=O) groups excluding carboxylic acids is 1. The topological polar surface area (TPSA) is 103 Å². The van der Waals surface area contributed by atoms with Crippen molar-refractivity contribution in [2.45, 2.75) is 0 Å². The Hall–Kier alpha value is -3.36. The van der Waals surface area contributed by atoms with E-state index in [1.54, 1.807) is 23.5 Å². The number of carbonyl (C=O) groups is 1. The van der Waals surface area contributed by atoms with Crippen LogP contribution in [0.25, 0.3) is 21.2 Å². The number of amides is 1. The van der Waals surface area contributed by atoms with Gasteiger partial charge in [0.05, 0.1) is 15.8 Å². The Bertz CT molecular complexity index is 1240. The summed E-state index contributed by atoms with van der Waals surface area (Å²) in [6.07, 6.45) is 1.53. The first kappa shape index (κ1) is 19.6. The predicted octanol–water partition coefficient (Wildman–Crippen LogP) is 3.51. The van der Waals surface area contributed by atoms with Crippen molar-refractivity contribution < 1.29 is 13.6 Å². The van der Waals surface area contributed by atoms with Gasteiger partial charge in [0, 0.05) is 40.3 Å². The highest BCUT2D eigenvalue weighted by molar-refractivity contribution is 7.29. The number of nitrogens with zero attached hydrogens (tertiary/aromatic N) is 6. The normalized spacial score (nSPS) is 14.2. The maximum absolute atomic E-state index is 13.0. The van der Waals surface area contributed by atoms with E-state index >= 15 is 0 Å². The summed E-state index contributed by atoms with van der Waals surface area (Å²) in [5, 5.41) is 10.4. The molecule has 11 heteroatoms. The van der Waals surface area contributed by atoms with Crippen molar-refractivity contribution >= 4 is 49.1 Å². The first-order valence-corrected chi connectivity index (χ1v) is 11.2. The van der Waals surface area contributed by atoms with Gasteiger partial charge in [0.15, 0.2) is 10.9 Å². The number of thiophene rings is 1. The summed E-state index contributed by atoms with van der Waals surface area (Å²) in [7, 11) is 3.91. The van der Waals surface area contributed by atoms with Gasteiger partial charge >= 0.3 is 0 Å². The van der Waals surface area contributed by atoms with Gasteiger partial charge in [0.2, 0.25) is 11.6 Å². The van der Waals surface area contributed by atoms with Gasteiger partial charge in [-0.25, -0.2) is 4.98 Å². The summed E-state index contributed by atoms with van der Waals surface area (Å²) in [5.41, 5.74) is 0.215. The number of furan rings is 1. The Morgan fingerprint density at radius 2 is 2.03 bits per heavy atom. The largest absolute Gasteiger partial charge is 0.459 e. The van der Waals surface area contributed by atoms with Gasteiger partial charge < -0.3 is 23.5 Å². The van der Waals surface area contributed by atoms with Crippen molar-refractivity contribution in [2.75, 3.05) is 50.1 Å². The van der Waals surface area contributed by atoms with Crippen molar-refractivity contribution in [1.82, 2.24) is 14.9 Å². The van der Waals surface area contributed by atoms with Gasteiger partial charge in [-0.1, -0.05) is 11.3 Å². The zero-order valence-electron chi connectivity index (χ0n) is 16.9. The average Bonchev–Trinajstić information content (AvgIpc) is 3.55. The van der Waals surface area contributed by atoms with Gasteiger partial charge in [0.25, 0.3) is 11.8 Å². The van der Waals surface area contributed by atoms with Crippen LogP contribution in [0.1, 0.15) is 15.4 Å². The Morgan fingerprint density at radius 3 is 2.68 bits per heavy atom. The Balaban J connectivity index is 1.29. The number of thiazole rings is 1. The van der Waals surface area contributed by atoms with Crippen LogP contribution in [0.4, 0.5) is 11.0 Å². The fraction of sp³-hybridized carbons (Fsp3) is 0.300. The molecule has 9 nitrogen and oxygen atoms in total. The Kier molecular flexibility index (Phi) is 4.88. The summed E-state index contributed by atoms with van der Waals surface area (Å²) in [5.74, 6) is 1.17. The van der Waals surface area contributed by atoms with E-state index in [9.17, 15) is 10.1 Å². The SMILES string of the molecule is CN(C)c1nc2sc(C(=O)N3CCN(c4oc(-c5ccco5)nc4C#N)CC3)cc2s1. The van der Waals surface area contributed by atoms with Crippen LogP contribution in [-0.2, 0) is 0 Å². The third kappa shape index (κ3) is 3.54. The smallest absolute Gasteiger partial charge is 0.266 e. The number of anilines is 2. The summed E-state index contributed by atoms with van der Waals surface area (Å²) in [6, 6.07) is 7.48. The van der Waals surface area contributed by atoms with Crippen LogP contribution in [0.15, 0.2) is 33.3 Å². The van der Waals surface area contributed by atoms with Crippen LogP contribution in [-0.4, -0.2) is 61.0 Å². The van der Waals surface area contributed by atoms with E-state index in [0.29, 0.717) is 42.7 Å². The van der Waals surface area contributed by atoms with Gasteiger partial charge in [0.1, 0.15) is 10.9 Å². The number of nitriles is 1. The molecule has 0 bridgehead atoms. The molecule has 0 atom stereocenters. The second kappa shape index (κ2) is 7.72. The molecule has 1 fully saturated rings. The molecule has 1 aliphatic rings. The molecule has 0 spiro atoms. The third-order valence-electron chi connectivity index (χ3n) is 4.97. The number of piperazine rings is 1. The second-order valence-corrected chi connectivity index (χ2v) is 9.25. The molecular weight excluding hydrogens is 436 g/mol. The molecule has 0 saturated carbocycles. The minimum Gasteiger partial charge on any atom is -0.459 e. The molecule has 5 heterocycles. The number of rotatable bonds is 4. The van der Waals surface area contributed by atoms with E-state index in [-0.39, 0.29) is 17.5 Å². The van der Waals surface area contributed by atoms with E-state index in [0.717, 1.165) is 14.7 Å². The lowest BCUT2D eigenvalue weighted by atomic mass is 10.3. The highest BCUT2D eigenvalue weighted by Gasteiger charge is 2.28.